The second-order valence-corrected chi connectivity index (χ2v) is 4.32. The van der Waals surface area contributed by atoms with E-state index in [0.717, 1.165) is 36.1 Å². The second kappa shape index (κ2) is 4.13. The predicted octanol–water partition coefficient (Wildman–Crippen LogP) is 1.14. The second-order valence-electron chi connectivity index (χ2n) is 4.32. The number of aryl methyl sites for hydroxylation is 1. The Kier molecular flexibility index (Phi) is 2.48. The highest BCUT2D eigenvalue weighted by molar-refractivity contribution is 6.10. The molecule has 1 aromatic heterocycles. The van der Waals surface area contributed by atoms with Gasteiger partial charge >= 0.3 is 0 Å². The fourth-order valence-corrected chi connectivity index (χ4v) is 2.27. The summed E-state index contributed by atoms with van der Waals surface area (Å²) in [5.74, 6) is 0.119. The number of hydrogen-bond acceptors (Lipinski definition) is 4. The molecule has 0 saturated carbocycles. The molecule has 2 heterocycles. The molecule has 0 aromatic carbocycles. The number of Topliss-reactive ketones (excluding diaryl/α,β-unsaturated/α-hetero) is 1. The lowest BCUT2D eigenvalue weighted by atomic mass is 9.87. The summed E-state index contributed by atoms with van der Waals surface area (Å²) in [7, 11) is 0. The van der Waals surface area contributed by atoms with E-state index in [-0.39, 0.29) is 11.8 Å². The Bertz CT molecular complexity index is 511. The lowest BCUT2D eigenvalue weighted by Gasteiger charge is -2.17. The SMILES string of the molecule is O=C1/C(=C/C2CN=CN2)CCc2ccncc21. The highest BCUT2D eigenvalue weighted by Crippen LogP contribution is 2.24. The molecule has 86 valence electrons. The molecule has 4 heteroatoms. The standard InChI is InChI=1S/C13H13N3O/c17-13-10(5-11-6-15-8-16-11)2-1-9-3-4-14-7-12(9)13/h3-5,7-8,11H,1-2,6H2,(H,15,16)/b10-5+. The number of nitrogens with one attached hydrogen (secondary N) is 1. The summed E-state index contributed by atoms with van der Waals surface area (Å²) in [4.78, 5) is 20.3. The van der Waals surface area contributed by atoms with Gasteiger partial charge in [0.15, 0.2) is 5.78 Å². The van der Waals surface area contributed by atoms with Crippen molar-refractivity contribution in [3.05, 3.63) is 41.2 Å². The van der Waals surface area contributed by atoms with E-state index < -0.39 is 0 Å². The Morgan fingerprint density at radius 1 is 1.41 bits per heavy atom. The van der Waals surface area contributed by atoms with E-state index in [9.17, 15) is 4.79 Å². The van der Waals surface area contributed by atoms with Gasteiger partial charge in [-0.15, -0.1) is 0 Å². The number of aromatic nitrogens is 1. The van der Waals surface area contributed by atoms with E-state index in [1.807, 2.05) is 12.1 Å². The lowest BCUT2D eigenvalue weighted by Crippen LogP contribution is -2.24. The molecule has 17 heavy (non-hydrogen) atoms. The van der Waals surface area contributed by atoms with Crippen LogP contribution in [0.2, 0.25) is 0 Å². The van der Waals surface area contributed by atoms with Gasteiger partial charge in [0.2, 0.25) is 0 Å². The molecule has 2 aliphatic rings. The average molecular weight is 227 g/mol. The number of nitrogens with zero attached hydrogens (tertiary/aromatic N) is 2. The molecule has 0 amide bonds. The zero-order valence-electron chi connectivity index (χ0n) is 9.39. The van der Waals surface area contributed by atoms with Crippen LogP contribution in [0.25, 0.3) is 0 Å². The Morgan fingerprint density at radius 2 is 2.35 bits per heavy atom. The van der Waals surface area contributed by atoms with Crippen molar-refractivity contribution in [2.75, 3.05) is 6.54 Å². The molecule has 1 N–H and O–H groups in total. The Labute approximate surface area is 99.5 Å². The molecule has 3 rings (SSSR count). The van der Waals surface area contributed by atoms with Crippen LogP contribution in [-0.2, 0) is 6.42 Å². The number of rotatable bonds is 1. The van der Waals surface area contributed by atoms with Gasteiger partial charge in [0.25, 0.3) is 0 Å². The van der Waals surface area contributed by atoms with E-state index in [1.165, 1.54) is 0 Å². The number of carbonyl (C=O) groups is 1. The lowest BCUT2D eigenvalue weighted by molar-refractivity contribution is 0.102. The maximum atomic E-state index is 12.2. The molecule has 0 fully saturated rings. The van der Waals surface area contributed by atoms with E-state index in [0.29, 0.717) is 0 Å². The van der Waals surface area contributed by atoms with E-state index in [2.05, 4.69) is 15.3 Å². The summed E-state index contributed by atoms with van der Waals surface area (Å²) in [5, 5.41) is 3.11. The zero-order chi connectivity index (χ0) is 11.7. The smallest absolute Gasteiger partial charge is 0.190 e. The van der Waals surface area contributed by atoms with Gasteiger partial charge in [0, 0.05) is 18.0 Å². The van der Waals surface area contributed by atoms with Crippen LogP contribution < -0.4 is 5.32 Å². The van der Waals surface area contributed by atoms with E-state index in [1.54, 1.807) is 18.7 Å². The molecule has 0 bridgehead atoms. The Hall–Kier alpha value is -1.97. The first-order valence-electron chi connectivity index (χ1n) is 5.77. The minimum Gasteiger partial charge on any atom is -0.368 e. The molecule has 1 aliphatic heterocycles. The zero-order valence-corrected chi connectivity index (χ0v) is 9.39. The predicted molar refractivity (Wildman–Crippen MR) is 65.3 cm³/mol. The van der Waals surface area contributed by atoms with Gasteiger partial charge in [-0.25, -0.2) is 0 Å². The quantitative estimate of drug-likeness (QED) is 0.732. The topological polar surface area (TPSA) is 54.4 Å². The van der Waals surface area contributed by atoms with Gasteiger partial charge in [0.05, 0.1) is 18.9 Å². The third kappa shape index (κ3) is 1.86. The maximum Gasteiger partial charge on any atom is 0.190 e. The highest BCUT2D eigenvalue weighted by Gasteiger charge is 2.23. The number of aliphatic imine (C=N–C) groups is 1. The normalized spacial score (nSPS) is 24.8. The van der Waals surface area contributed by atoms with Gasteiger partial charge in [-0.3, -0.25) is 14.8 Å². The summed E-state index contributed by atoms with van der Waals surface area (Å²) in [6.45, 7) is 0.719. The first kappa shape index (κ1) is 10.2. The van der Waals surface area contributed by atoms with Crippen LogP contribution >= 0.6 is 0 Å². The van der Waals surface area contributed by atoms with Gasteiger partial charge in [0.1, 0.15) is 0 Å². The van der Waals surface area contributed by atoms with Crippen molar-refractivity contribution in [3.63, 3.8) is 0 Å². The number of allylic oxidation sites excluding steroid dienone is 1. The molecule has 1 aromatic rings. The monoisotopic (exact) mass is 227 g/mol. The largest absolute Gasteiger partial charge is 0.368 e. The van der Waals surface area contributed by atoms with Crippen molar-refractivity contribution in [2.24, 2.45) is 4.99 Å². The van der Waals surface area contributed by atoms with Crippen molar-refractivity contribution in [3.8, 4) is 0 Å². The summed E-state index contributed by atoms with van der Waals surface area (Å²) in [6, 6.07) is 2.10. The molecule has 0 saturated heterocycles. The van der Waals surface area contributed by atoms with Crippen molar-refractivity contribution >= 4 is 12.1 Å². The number of hydrogen-bond donors (Lipinski definition) is 1. The minimum absolute atomic E-state index is 0.119. The van der Waals surface area contributed by atoms with Crippen LogP contribution in [0.4, 0.5) is 0 Å². The number of carbonyl (C=O) groups excluding carboxylic acids is 1. The molecule has 4 nitrogen and oxygen atoms in total. The summed E-state index contributed by atoms with van der Waals surface area (Å²) in [6.07, 6.45) is 8.85. The van der Waals surface area contributed by atoms with Crippen molar-refractivity contribution in [2.45, 2.75) is 18.9 Å². The molecule has 0 spiro atoms. The molecule has 1 atom stereocenters. The highest BCUT2D eigenvalue weighted by atomic mass is 16.1. The molecule has 0 radical (unpaired) electrons. The van der Waals surface area contributed by atoms with Crippen molar-refractivity contribution < 1.29 is 4.79 Å². The number of ketones is 1. The van der Waals surface area contributed by atoms with Crippen LogP contribution in [0, 0.1) is 0 Å². The van der Waals surface area contributed by atoms with E-state index in [4.69, 9.17) is 0 Å². The van der Waals surface area contributed by atoms with Crippen LogP contribution in [-0.4, -0.2) is 29.7 Å². The van der Waals surface area contributed by atoms with Gasteiger partial charge in [-0.1, -0.05) is 6.08 Å². The maximum absolute atomic E-state index is 12.2. The summed E-state index contributed by atoms with van der Waals surface area (Å²) in [5.41, 5.74) is 2.75. The third-order valence-electron chi connectivity index (χ3n) is 3.20. The van der Waals surface area contributed by atoms with Crippen LogP contribution in [0.3, 0.4) is 0 Å². The van der Waals surface area contributed by atoms with Crippen LogP contribution in [0.15, 0.2) is 35.1 Å². The third-order valence-corrected chi connectivity index (χ3v) is 3.20. The van der Waals surface area contributed by atoms with Crippen molar-refractivity contribution in [1.29, 1.82) is 0 Å². The molecular weight excluding hydrogens is 214 g/mol. The average Bonchev–Trinajstić information content (AvgIpc) is 2.86. The van der Waals surface area contributed by atoms with Gasteiger partial charge < -0.3 is 5.32 Å². The molecule has 1 unspecified atom stereocenters. The van der Waals surface area contributed by atoms with Gasteiger partial charge in [-0.05, 0) is 30.0 Å². The minimum atomic E-state index is 0.119. The Balaban J connectivity index is 1.89. The first-order valence-corrected chi connectivity index (χ1v) is 5.77. The fourth-order valence-electron chi connectivity index (χ4n) is 2.27. The summed E-state index contributed by atoms with van der Waals surface area (Å²) >= 11 is 0. The fraction of sp³-hybridized carbons (Fsp3) is 0.308. The van der Waals surface area contributed by atoms with Crippen LogP contribution in [0.5, 0.6) is 0 Å². The molecular formula is C13H13N3O. The number of pyridine rings is 1. The Morgan fingerprint density at radius 3 is 3.18 bits per heavy atom. The van der Waals surface area contributed by atoms with Gasteiger partial charge in [-0.2, -0.15) is 0 Å². The molecule has 1 aliphatic carbocycles. The van der Waals surface area contributed by atoms with Crippen LogP contribution in [0.1, 0.15) is 22.3 Å². The first-order chi connectivity index (χ1) is 8.34. The van der Waals surface area contributed by atoms with Crippen molar-refractivity contribution in [1.82, 2.24) is 10.3 Å². The summed E-state index contributed by atoms with van der Waals surface area (Å²) < 4.78 is 0. The number of fused-ring (bicyclic) bond motifs is 1. The van der Waals surface area contributed by atoms with E-state index >= 15 is 0 Å².